The SMILES string of the molecule is Cc1nn(C)c(C)c1[C@H]1OCC[C@@H]1NC(=O)NC(C)c1ccco1. The number of ether oxygens (including phenoxy) is 1. The van der Waals surface area contributed by atoms with Gasteiger partial charge in [-0.05, 0) is 39.3 Å². The number of urea groups is 1. The van der Waals surface area contributed by atoms with Crippen LogP contribution in [0.2, 0.25) is 0 Å². The van der Waals surface area contributed by atoms with Crippen molar-refractivity contribution in [1.82, 2.24) is 20.4 Å². The van der Waals surface area contributed by atoms with E-state index >= 15 is 0 Å². The number of nitrogens with one attached hydrogen (secondary N) is 2. The number of hydrogen-bond donors (Lipinski definition) is 2. The summed E-state index contributed by atoms with van der Waals surface area (Å²) in [6, 6.07) is 3.16. The molecule has 3 atom stereocenters. The summed E-state index contributed by atoms with van der Waals surface area (Å²) in [5.41, 5.74) is 3.08. The lowest BCUT2D eigenvalue weighted by Gasteiger charge is -2.22. The summed E-state index contributed by atoms with van der Waals surface area (Å²) in [4.78, 5) is 12.3. The first-order valence-corrected chi connectivity index (χ1v) is 8.19. The fourth-order valence-electron chi connectivity index (χ4n) is 3.24. The second-order valence-corrected chi connectivity index (χ2v) is 6.25. The Morgan fingerprint density at radius 1 is 1.46 bits per heavy atom. The Bertz CT molecular complexity index is 708. The lowest BCUT2D eigenvalue weighted by Crippen LogP contribution is -2.44. The molecule has 1 fully saturated rings. The van der Waals surface area contributed by atoms with Crippen LogP contribution in [-0.2, 0) is 11.8 Å². The minimum Gasteiger partial charge on any atom is -0.467 e. The Kier molecular flexibility index (Phi) is 4.62. The summed E-state index contributed by atoms with van der Waals surface area (Å²) < 4.78 is 13.1. The van der Waals surface area contributed by atoms with E-state index in [9.17, 15) is 4.79 Å². The molecule has 24 heavy (non-hydrogen) atoms. The van der Waals surface area contributed by atoms with E-state index in [1.807, 2.05) is 38.6 Å². The van der Waals surface area contributed by atoms with Crippen LogP contribution in [-0.4, -0.2) is 28.5 Å². The van der Waals surface area contributed by atoms with Crippen LogP contribution in [0, 0.1) is 13.8 Å². The number of nitrogens with zero attached hydrogens (tertiary/aromatic N) is 2. The monoisotopic (exact) mass is 332 g/mol. The zero-order valence-corrected chi connectivity index (χ0v) is 14.5. The summed E-state index contributed by atoms with van der Waals surface area (Å²) in [5.74, 6) is 0.725. The molecule has 7 nitrogen and oxygen atoms in total. The van der Waals surface area contributed by atoms with Gasteiger partial charge in [0, 0.05) is 24.9 Å². The highest BCUT2D eigenvalue weighted by molar-refractivity contribution is 5.74. The number of aromatic nitrogens is 2. The van der Waals surface area contributed by atoms with Crippen LogP contribution < -0.4 is 10.6 Å². The summed E-state index contributed by atoms with van der Waals surface area (Å²) in [5, 5.41) is 10.4. The van der Waals surface area contributed by atoms with Gasteiger partial charge in [0.2, 0.25) is 0 Å². The lowest BCUT2D eigenvalue weighted by atomic mass is 10.0. The van der Waals surface area contributed by atoms with E-state index in [1.165, 1.54) is 0 Å². The van der Waals surface area contributed by atoms with Gasteiger partial charge in [-0.25, -0.2) is 4.79 Å². The predicted molar refractivity (Wildman–Crippen MR) is 88.6 cm³/mol. The molecule has 3 rings (SSSR count). The minimum absolute atomic E-state index is 0.0737. The first-order valence-electron chi connectivity index (χ1n) is 8.19. The van der Waals surface area contributed by atoms with Crippen molar-refractivity contribution in [3.63, 3.8) is 0 Å². The Labute approximate surface area is 141 Å². The largest absolute Gasteiger partial charge is 0.467 e. The van der Waals surface area contributed by atoms with Gasteiger partial charge in [0.05, 0.1) is 24.0 Å². The van der Waals surface area contributed by atoms with Crippen molar-refractivity contribution in [1.29, 1.82) is 0 Å². The van der Waals surface area contributed by atoms with Crippen LogP contribution in [0.4, 0.5) is 4.79 Å². The molecule has 0 aliphatic carbocycles. The molecule has 3 heterocycles. The third-order valence-electron chi connectivity index (χ3n) is 4.58. The second kappa shape index (κ2) is 6.68. The fourth-order valence-corrected chi connectivity index (χ4v) is 3.24. The molecule has 2 N–H and O–H groups in total. The van der Waals surface area contributed by atoms with Crippen molar-refractivity contribution in [3.05, 3.63) is 41.1 Å². The zero-order chi connectivity index (χ0) is 17.3. The molecular formula is C17H24N4O3. The van der Waals surface area contributed by atoms with Gasteiger partial charge in [-0.2, -0.15) is 5.10 Å². The topological polar surface area (TPSA) is 81.3 Å². The molecule has 2 aromatic rings. The molecule has 130 valence electrons. The molecule has 2 amide bonds. The number of hydrogen-bond acceptors (Lipinski definition) is 4. The molecule has 0 spiro atoms. The molecule has 0 aromatic carbocycles. The van der Waals surface area contributed by atoms with E-state index in [1.54, 1.807) is 12.3 Å². The maximum atomic E-state index is 12.3. The minimum atomic E-state index is -0.224. The van der Waals surface area contributed by atoms with Crippen LogP contribution in [0.15, 0.2) is 22.8 Å². The average molecular weight is 332 g/mol. The predicted octanol–water partition coefficient (Wildman–Crippen LogP) is 2.52. The van der Waals surface area contributed by atoms with Crippen LogP contribution in [0.3, 0.4) is 0 Å². The summed E-state index contributed by atoms with van der Waals surface area (Å²) >= 11 is 0. The van der Waals surface area contributed by atoms with Crippen LogP contribution in [0.1, 0.15) is 48.2 Å². The Balaban J connectivity index is 1.66. The average Bonchev–Trinajstić information content (AvgIpc) is 3.23. The Hall–Kier alpha value is -2.28. The molecule has 7 heteroatoms. The van der Waals surface area contributed by atoms with Crippen LogP contribution in [0.5, 0.6) is 0 Å². The summed E-state index contributed by atoms with van der Waals surface area (Å²) in [7, 11) is 1.92. The van der Waals surface area contributed by atoms with E-state index < -0.39 is 0 Å². The molecule has 0 radical (unpaired) electrons. The molecule has 2 aromatic heterocycles. The van der Waals surface area contributed by atoms with Gasteiger partial charge in [-0.15, -0.1) is 0 Å². The van der Waals surface area contributed by atoms with Crippen molar-refractivity contribution >= 4 is 6.03 Å². The van der Waals surface area contributed by atoms with Crippen molar-refractivity contribution in [2.24, 2.45) is 7.05 Å². The van der Waals surface area contributed by atoms with Crippen LogP contribution >= 0.6 is 0 Å². The van der Waals surface area contributed by atoms with Crippen molar-refractivity contribution in [2.75, 3.05) is 6.61 Å². The highest BCUT2D eigenvalue weighted by Gasteiger charge is 2.34. The standard InChI is InChI=1S/C17H24N4O3/c1-10(14-6-5-8-23-14)18-17(22)19-13-7-9-24-16(13)15-11(2)20-21(4)12(15)3/h5-6,8,10,13,16H,7,9H2,1-4H3,(H2,18,19,22)/t10?,13-,16-/m0/s1. The molecule has 1 aliphatic heterocycles. The second-order valence-electron chi connectivity index (χ2n) is 6.25. The fraction of sp³-hybridized carbons (Fsp3) is 0.529. The normalized spacial score (nSPS) is 21.7. The summed E-state index contributed by atoms with van der Waals surface area (Å²) in [6.07, 6.45) is 2.21. The third kappa shape index (κ3) is 3.17. The maximum absolute atomic E-state index is 12.3. The zero-order valence-electron chi connectivity index (χ0n) is 14.5. The quantitative estimate of drug-likeness (QED) is 0.901. The van der Waals surface area contributed by atoms with Gasteiger partial charge in [0.1, 0.15) is 11.9 Å². The molecule has 1 unspecified atom stereocenters. The van der Waals surface area contributed by atoms with Crippen molar-refractivity contribution < 1.29 is 13.9 Å². The van der Waals surface area contributed by atoms with Gasteiger partial charge in [0.25, 0.3) is 0 Å². The molecule has 0 saturated carbocycles. The number of amides is 2. The van der Waals surface area contributed by atoms with Gasteiger partial charge < -0.3 is 19.8 Å². The highest BCUT2D eigenvalue weighted by atomic mass is 16.5. The number of carbonyl (C=O) groups is 1. The Morgan fingerprint density at radius 2 is 2.25 bits per heavy atom. The Morgan fingerprint density at radius 3 is 2.88 bits per heavy atom. The molecule has 1 aliphatic rings. The first kappa shape index (κ1) is 16.6. The smallest absolute Gasteiger partial charge is 0.315 e. The van der Waals surface area contributed by atoms with E-state index in [0.717, 1.165) is 29.1 Å². The molecule has 0 bridgehead atoms. The van der Waals surface area contributed by atoms with E-state index in [4.69, 9.17) is 9.15 Å². The van der Waals surface area contributed by atoms with E-state index in [0.29, 0.717) is 6.61 Å². The number of furan rings is 1. The van der Waals surface area contributed by atoms with E-state index in [-0.39, 0.29) is 24.2 Å². The maximum Gasteiger partial charge on any atom is 0.315 e. The van der Waals surface area contributed by atoms with Gasteiger partial charge in [-0.3, -0.25) is 4.68 Å². The van der Waals surface area contributed by atoms with Gasteiger partial charge >= 0.3 is 6.03 Å². The first-order chi connectivity index (χ1) is 11.5. The van der Waals surface area contributed by atoms with Gasteiger partial charge in [-0.1, -0.05) is 0 Å². The number of rotatable bonds is 4. The van der Waals surface area contributed by atoms with Crippen LogP contribution in [0.25, 0.3) is 0 Å². The molecule has 1 saturated heterocycles. The number of aryl methyl sites for hydroxylation is 2. The highest BCUT2D eigenvalue weighted by Crippen LogP contribution is 2.33. The van der Waals surface area contributed by atoms with E-state index in [2.05, 4.69) is 15.7 Å². The third-order valence-corrected chi connectivity index (χ3v) is 4.58. The summed E-state index contributed by atoms with van der Waals surface area (Å²) in [6.45, 7) is 6.50. The molecular weight excluding hydrogens is 308 g/mol. The van der Waals surface area contributed by atoms with Crippen molar-refractivity contribution in [2.45, 2.75) is 45.4 Å². The number of carbonyl (C=O) groups excluding carboxylic acids is 1. The van der Waals surface area contributed by atoms with Crippen molar-refractivity contribution in [3.8, 4) is 0 Å². The van der Waals surface area contributed by atoms with Gasteiger partial charge in [0.15, 0.2) is 0 Å². The lowest BCUT2D eigenvalue weighted by molar-refractivity contribution is 0.0987.